The van der Waals surface area contributed by atoms with Crippen LogP contribution in [0.5, 0.6) is 0 Å². The Morgan fingerprint density at radius 1 is 1.31 bits per heavy atom. The van der Waals surface area contributed by atoms with Crippen LogP contribution in [0.25, 0.3) is 10.9 Å². The molecule has 0 aliphatic carbocycles. The minimum atomic E-state index is 0.754. The van der Waals surface area contributed by atoms with E-state index in [-0.39, 0.29) is 0 Å². The quantitative estimate of drug-likeness (QED) is 0.755. The fraction of sp³-hybridized carbons (Fsp3) is 0.385. The Bertz CT molecular complexity index is 462. The number of hydrogen-bond acceptors (Lipinski definition) is 2. The van der Waals surface area contributed by atoms with Gasteiger partial charge in [0.2, 0.25) is 0 Å². The van der Waals surface area contributed by atoms with Crippen LogP contribution < -0.4 is 5.32 Å². The molecule has 0 amide bonds. The van der Waals surface area contributed by atoms with Crippen molar-refractivity contribution in [1.82, 2.24) is 10.3 Å². The van der Waals surface area contributed by atoms with Crippen molar-refractivity contribution in [2.45, 2.75) is 13.5 Å². The molecule has 3 nitrogen and oxygen atoms in total. The first-order valence-electron chi connectivity index (χ1n) is 5.57. The van der Waals surface area contributed by atoms with Gasteiger partial charge in [0.15, 0.2) is 0 Å². The minimum absolute atomic E-state index is 0.754. The van der Waals surface area contributed by atoms with Crippen molar-refractivity contribution in [2.24, 2.45) is 0 Å². The van der Waals surface area contributed by atoms with E-state index in [1.807, 2.05) is 0 Å². The highest BCUT2D eigenvalue weighted by Gasteiger charge is 1.99. The molecule has 16 heavy (non-hydrogen) atoms. The monoisotopic (exact) mass is 218 g/mol. The second-order valence-corrected chi connectivity index (χ2v) is 4.04. The zero-order valence-electron chi connectivity index (χ0n) is 9.84. The number of rotatable bonds is 5. The van der Waals surface area contributed by atoms with Gasteiger partial charge in [-0.05, 0) is 30.0 Å². The summed E-state index contributed by atoms with van der Waals surface area (Å²) in [7, 11) is 1.72. The van der Waals surface area contributed by atoms with Gasteiger partial charge in [0, 0.05) is 31.4 Å². The van der Waals surface area contributed by atoms with Gasteiger partial charge in [0.25, 0.3) is 0 Å². The Labute approximate surface area is 95.8 Å². The summed E-state index contributed by atoms with van der Waals surface area (Å²) in [6, 6.07) is 8.68. The van der Waals surface area contributed by atoms with Gasteiger partial charge in [0.05, 0.1) is 6.61 Å². The van der Waals surface area contributed by atoms with Crippen molar-refractivity contribution < 1.29 is 4.74 Å². The second kappa shape index (κ2) is 5.14. The molecule has 1 aromatic heterocycles. The molecule has 0 spiro atoms. The topological polar surface area (TPSA) is 37.0 Å². The summed E-state index contributed by atoms with van der Waals surface area (Å²) in [6.45, 7) is 4.61. The molecular formula is C13H18N2O. The highest BCUT2D eigenvalue weighted by molar-refractivity contribution is 5.80. The maximum atomic E-state index is 4.98. The molecule has 1 heterocycles. The summed E-state index contributed by atoms with van der Waals surface area (Å²) in [5.41, 5.74) is 3.72. The molecule has 0 aliphatic heterocycles. The molecular weight excluding hydrogens is 200 g/mol. The first-order valence-corrected chi connectivity index (χ1v) is 5.57. The molecule has 3 heteroatoms. The van der Waals surface area contributed by atoms with Gasteiger partial charge in [-0.3, -0.25) is 0 Å². The fourth-order valence-corrected chi connectivity index (χ4v) is 1.84. The lowest BCUT2D eigenvalue weighted by molar-refractivity contribution is 0.199. The molecule has 2 aromatic rings. The predicted octanol–water partition coefficient (Wildman–Crippen LogP) is 2.21. The summed E-state index contributed by atoms with van der Waals surface area (Å²) in [4.78, 5) is 3.35. The maximum Gasteiger partial charge on any atom is 0.0587 e. The van der Waals surface area contributed by atoms with Gasteiger partial charge >= 0.3 is 0 Å². The van der Waals surface area contributed by atoms with Crippen LogP contribution in [-0.2, 0) is 11.3 Å². The number of H-pyrrole nitrogens is 1. The third-order valence-corrected chi connectivity index (χ3v) is 2.63. The van der Waals surface area contributed by atoms with E-state index < -0.39 is 0 Å². The molecule has 0 aliphatic rings. The second-order valence-electron chi connectivity index (χ2n) is 4.04. The Morgan fingerprint density at radius 3 is 3.00 bits per heavy atom. The first-order chi connectivity index (χ1) is 7.79. The molecule has 0 saturated heterocycles. The SMILES string of the molecule is COCCNCc1ccc2cc(C)[nH]c2c1. The molecule has 0 bridgehead atoms. The van der Waals surface area contributed by atoms with Gasteiger partial charge in [-0.25, -0.2) is 0 Å². The van der Waals surface area contributed by atoms with E-state index in [4.69, 9.17) is 4.74 Å². The van der Waals surface area contributed by atoms with Crippen LogP contribution in [0.4, 0.5) is 0 Å². The van der Waals surface area contributed by atoms with E-state index in [9.17, 15) is 0 Å². The normalized spacial score (nSPS) is 11.1. The smallest absolute Gasteiger partial charge is 0.0587 e. The summed E-state index contributed by atoms with van der Waals surface area (Å²) in [5.74, 6) is 0. The lowest BCUT2D eigenvalue weighted by atomic mass is 10.1. The minimum Gasteiger partial charge on any atom is -0.383 e. The highest BCUT2D eigenvalue weighted by atomic mass is 16.5. The molecule has 0 atom stereocenters. The lowest BCUT2D eigenvalue weighted by Gasteiger charge is -2.04. The molecule has 0 fully saturated rings. The van der Waals surface area contributed by atoms with Crippen LogP contribution in [0.15, 0.2) is 24.3 Å². The zero-order valence-corrected chi connectivity index (χ0v) is 9.84. The predicted molar refractivity (Wildman–Crippen MR) is 66.6 cm³/mol. The Hall–Kier alpha value is -1.32. The van der Waals surface area contributed by atoms with Crippen molar-refractivity contribution >= 4 is 10.9 Å². The highest BCUT2D eigenvalue weighted by Crippen LogP contribution is 2.16. The summed E-state index contributed by atoms with van der Waals surface area (Å²) < 4.78 is 4.98. The van der Waals surface area contributed by atoms with Crippen molar-refractivity contribution in [3.63, 3.8) is 0 Å². The molecule has 2 rings (SSSR count). The van der Waals surface area contributed by atoms with Crippen molar-refractivity contribution in [3.05, 3.63) is 35.5 Å². The van der Waals surface area contributed by atoms with Gasteiger partial charge in [-0.2, -0.15) is 0 Å². The van der Waals surface area contributed by atoms with Crippen LogP contribution in [-0.4, -0.2) is 25.2 Å². The number of hydrogen-bond donors (Lipinski definition) is 2. The zero-order chi connectivity index (χ0) is 11.4. The number of methoxy groups -OCH3 is 1. The van der Waals surface area contributed by atoms with Gasteiger partial charge < -0.3 is 15.0 Å². The Balaban J connectivity index is 2.02. The summed E-state index contributed by atoms with van der Waals surface area (Å²) in [6.07, 6.45) is 0. The third-order valence-electron chi connectivity index (χ3n) is 2.63. The molecule has 0 radical (unpaired) electrons. The Kier molecular flexibility index (Phi) is 3.59. The summed E-state index contributed by atoms with van der Waals surface area (Å²) in [5, 5.41) is 4.61. The number of aryl methyl sites for hydroxylation is 1. The number of aromatic nitrogens is 1. The average molecular weight is 218 g/mol. The molecule has 1 aromatic carbocycles. The van der Waals surface area contributed by atoms with Gasteiger partial charge in [-0.15, -0.1) is 0 Å². The van der Waals surface area contributed by atoms with E-state index in [0.29, 0.717) is 0 Å². The van der Waals surface area contributed by atoms with E-state index in [1.165, 1.54) is 22.2 Å². The van der Waals surface area contributed by atoms with Crippen LogP contribution in [0.3, 0.4) is 0 Å². The van der Waals surface area contributed by atoms with Crippen LogP contribution in [0.1, 0.15) is 11.3 Å². The number of ether oxygens (including phenoxy) is 1. The van der Waals surface area contributed by atoms with Gasteiger partial charge in [-0.1, -0.05) is 12.1 Å². The van der Waals surface area contributed by atoms with Crippen molar-refractivity contribution in [2.75, 3.05) is 20.3 Å². The number of aromatic amines is 1. The third kappa shape index (κ3) is 2.62. The standard InChI is InChI=1S/C13H18N2O/c1-10-7-12-4-3-11(8-13(12)15-10)9-14-5-6-16-2/h3-4,7-8,14-15H,5-6,9H2,1-2H3. The number of fused-ring (bicyclic) bond motifs is 1. The van der Waals surface area contributed by atoms with E-state index in [1.54, 1.807) is 7.11 Å². The summed E-state index contributed by atoms with van der Waals surface area (Å²) >= 11 is 0. The van der Waals surface area contributed by atoms with Crippen molar-refractivity contribution in [1.29, 1.82) is 0 Å². The molecule has 86 valence electrons. The van der Waals surface area contributed by atoms with Crippen molar-refractivity contribution in [3.8, 4) is 0 Å². The van der Waals surface area contributed by atoms with Crippen LogP contribution in [0, 0.1) is 6.92 Å². The first kappa shape index (κ1) is 11.2. The number of benzene rings is 1. The molecule has 2 N–H and O–H groups in total. The van der Waals surface area contributed by atoms with E-state index >= 15 is 0 Å². The maximum absolute atomic E-state index is 4.98. The largest absolute Gasteiger partial charge is 0.383 e. The molecule has 0 saturated carbocycles. The van der Waals surface area contributed by atoms with Crippen LogP contribution in [0.2, 0.25) is 0 Å². The average Bonchev–Trinajstić information content (AvgIpc) is 2.64. The number of nitrogens with one attached hydrogen (secondary N) is 2. The molecule has 0 unspecified atom stereocenters. The van der Waals surface area contributed by atoms with Gasteiger partial charge in [0.1, 0.15) is 0 Å². The van der Waals surface area contributed by atoms with E-state index in [0.717, 1.165) is 19.7 Å². The lowest BCUT2D eigenvalue weighted by Crippen LogP contribution is -2.18. The fourth-order valence-electron chi connectivity index (χ4n) is 1.84. The Morgan fingerprint density at radius 2 is 2.19 bits per heavy atom. The van der Waals surface area contributed by atoms with Crippen LogP contribution >= 0.6 is 0 Å². The van der Waals surface area contributed by atoms with E-state index in [2.05, 4.69) is 41.5 Å².